The van der Waals surface area contributed by atoms with Gasteiger partial charge in [0, 0.05) is 48.1 Å². The summed E-state index contributed by atoms with van der Waals surface area (Å²) >= 11 is 0. The van der Waals surface area contributed by atoms with Crippen LogP contribution in [0.5, 0.6) is 0 Å². The lowest BCUT2D eigenvalue weighted by atomic mass is 9.78. The van der Waals surface area contributed by atoms with Crippen LogP contribution in [0.25, 0.3) is 5.70 Å². The van der Waals surface area contributed by atoms with E-state index >= 15 is 0 Å². The average Bonchev–Trinajstić information content (AvgIpc) is 2.89. The number of hydrogen-bond acceptors (Lipinski definition) is 2. The molecule has 3 nitrogen and oxygen atoms in total. The minimum atomic E-state index is 0.0898. The van der Waals surface area contributed by atoms with E-state index in [-0.39, 0.29) is 5.91 Å². The maximum Gasteiger partial charge on any atom is 0.258 e. The third-order valence-corrected chi connectivity index (χ3v) is 6.56. The van der Waals surface area contributed by atoms with Crippen LogP contribution < -0.4 is 0 Å². The lowest BCUT2D eigenvalue weighted by molar-refractivity contribution is 0.0804. The van der Waals surface area contributed by atoms with E-state index in [2.05, 4.69) is 31.0 Å². The molecule has 1 aromatic rings. The van der Waals surface area contributed by atoms with Crippen LogP contribution in [0.3, 0.4) is 0 Å². The van der Waals surface area contributed by atoms with Gasteiger partial charge in [-0.1, -0.05) is 37.6 Å². The second-order valence-electron chi connectivity index (χ2n) is 8.22. The van der Waals surface area contributed by atoms with Crippen molar-refractivity contribution in [1.82, 2.24) is 9.80 Å². The fourth-order valence-electron chi connectivity index (χ4n) is 5.14. The largest absolute Gasteiger partial charge is 0.372 e. The van der Waals surface area contributed by atoms with Gasteiger partial charge in [0.25, 0.3) is 5.91 Å². The number of aryl methyl sites for hydroxylation is 1. The Morgan fingerprint density at radius 3 is 2.77 bits per heavy atom. The Hall–Kier alpha value is -2.03. The summed E-state index contributed by atoms with van der Waals surface area (Å²) in [6.07, 6.45) is 8.92. The molecule has 2 heterocycles. The van der Waals surface area contributed by atoms with Crippen LogP contribution in [0.15, 0.2) is 37.1 Å². The van der Waals surface area contributed by atoms with Crippen molar-refractivity contribution in [1.29, 1.82) is 0 Å². The highest BCUT2D eigenvalue weighted by Gasteiger charge is 2.35. The molecular weight excluding hydrogens is 320 g/mol. The monoisotopic (exact) mass is 350 g/mol. The summed E-state index contributed by atoms with van der Waals surface area (Å²) in [5, 5.41) is 0. The molecule has 0 aromatic heterocycles. The zero-order chi connectivity index (χ0) is 18.3. The number of likely N-dealkylation sites (tertiary alicyclic amines) is 1. The number of rotatable bonds is 4. The van der Waals surface area contributed by atoms with Gasteiger partial charge in [0.15, 0.2) is 0 Å². The quantitative estimate of drug-likeness (QED) is 0.764. The Bertz CT molecular complexity index is 749. The summed E-state index contributed by atoms with van der Waals surface area (Å²) < 4.78 is 0. The van der Waals surface area contributed by atoms with Crippen LogP contribution in [-0.4, -0.2) is 34.8 Å². The Balaban J connectivity index is 1.42. The van der Waals surface area contributed by atoms with Gasteiger partial charge in [0.1, 0.15) is 0 Å². The van der Waals surface area contributed by atoms with E-state index < -0.39 is 0 Å². The number of amides is 1. The molecule has 3 heteroatoms. The molecular formula is C23H30N2O. The van der Waals surface area contributed by atoms with Crippen LogP contribution in [-0.2, 0) is 0 Å². The van der Waals surface area contributed by atoms with E-state index in [0.717, 1.165) is 35.7 Å². The minimum Gasteiger partial charge on any atom is -0.372 e. The topological polar surface area (TPSA) is 23.6 Å². The molecule has 2 atom stereocenters. The van der Waals surface area contributed by atoms with E-state index in [1.807, 2.05) is 17.0 Å². The van der Waals surface area contributed by atoms with Gasteiger partial charge in [-0.3, -0.25) is 4.79 Å². The maximum atomic E-state index is 12.8. The van der Waals surface area contributed by atoms with Gasteiger partial charge in [-0.05, 0) is 50.7 Å². The molecule has 0 radical (unpaired) electrons. The highest BCUT2D eigenvalue weighted by molar-refractivity contribution is 6.08. The SMILES string of the molecule is C=C1c2cc(C)ccc2C(=O)N1CCC(=C)N1CCCC2CCCCC21. The second kappa shape index (κ2) is 6.94. The Morgan fingerprint density at radius 1 is 1.15 bits per heavy atom. The maximum absolute atomic E-state index is 12.8. The van der Waals surface area contributed by atoms with Gasteiger partial charge in [-0.15, -0.1) is 0 Å². The molecule has 1 saturated heterocycles. The first-order valence-corrected chi connectivity index (χ1v) is 10.1. The molecule has 2 fully saturated rings. The first-order valence-electron chi connectivity index (χ1n) is 10.1. The molecule has 138 valence electrons. The van der Waals surface area contributed by atoms with Gasteiger partial charge in [-0.25, -0.2) is 0 Å². The van der Waals surface area contributed by atoms with Crippen molar-refractivity contribution < 1.29 is 4.79 Å². The Labute approximate surface area is 157 Å². The third-order valence-electron chi connectivity index (χ3n) is 6.56. The lowest BCUT2D eigenvalue weighted by Crippen LogP contribution is -2.46. The summed E-state index contributed by atoms with van der Waals surface area (Å²) in [4.78, 5) is 17.2. The summed E-state index contributed by atoms with van der Waals surface area (Å²) in [5.74, 6) is 0.942. The van der Waals surface area contributed by atoms with Gasteiger partial charge < -0.3 is 9.80 Å². The van der Waals surface area contributed by atoms with Crippen LogP contribution in [0, 0.1) is 12.8 Å². The fraction of sp³-hybridized carbons (Fsp3) is 0.522. The van der Waals surface area contributed by atoms with E-state index in [1.165, 1.54) is 49.8 Å². The number of carbonyl (C=O) groups is 1. The number of nitrogens with zero attached hydrogens (tertiary/aromatic N) is 2. The first-order chi connectivity index (χ1) is 12.6. The van der Waals surface area contributed by atoms with Gasteiger partial charge >= 0.3 is 0 Å². The van der Waals surface area contributed by atoms with Crippen molar-refractivity contribution in [3.63, 3.8) is 0 Å². The summed E-state index contributed by atoms with van der Waals surface area (Å²) in [7, 11) is 0. The molecule has 0 N–H and O–H groups in total. The lowest BCUT2D eigenvalue weighted by Gasteiger charge is -2.46. The van der Waals surface area contributed by atoms with Crippen molar-refractivity contribution in [2.24, 2.45) is 5.92 Å². The highest BCUT2D eigenvalue weighted by atomic mass is 16.2. The molecule has 4 rings (SSSR count). The smallest absolute Gasteiger partial charge is 0.258 e. The summed E-state index contributed by atoms with van der Waals surface area (Å²) in [5.41, 5.74) is 4.99. The predicted molar refractivity (Wildman–Crippen MR) is 107 cm³/mol. The minimum absolute atomic E-state index is 0.0898. The molecule has 2 aliphatic heterocycles. The summed E-state index contributed by atoms with van der Waals surface area (Å²) in [6, 6.07) is 6.69. The van der Waals surface area contributed by atoms with Crippen molar-refractivity contribution in [2.45, 2.75) is 57.9 Å². The molecule has 1 aromatic carbocycles. The molecule has 0 bridgehead atoms. The van der Waals surface area contributed by atoms with Gasteiger partial charge in [0.2, 0.25) is 0 Å². The van der Waals surface area contributed by atoms with Crippen molar-refractivity contribution in [3.8, 4) is 0 Å². The third kappa shape index (κ3) is 2.98. The van der Waals surface area contributed by atoms with Crippen LogP contribution in [0.4, 0.5) is 0 Å². The standard InChI is InChI=1S/C23H30N2O/c1-16-10-11-20-21(15-16)18(3)25(23(20)26)14-12-17(2)24-13-6-8-19-7-4-5-9-22(19)24/h10-11,15,19,22H,2-9,12-14H2,1H3. The molecule has 1 aliphatic carbocycles. The zero-order valence-corrected chi connectivity index (χ0v) is 16.0. The number of hydrogen-bond donors (Lipinski definition) is 0. The Morgan fingerprint density at radius 2 is 1.92 bits per heavy atom. The normalized spacial score (nSPS) is 25.3. The molecule has 0 spiro atoms. The van der Waals surface area contributed by atoms with Crippen molar-refractivity contribution >= 4 is 11.6 Å². The number of benzene rings is 1. The molecule has 2 unspecified atom stereocenters. The van der Waals surface area contributed by atoms with Crippen LogP contribution in [0.2, 0.25) is 0 Å². The van der Waals surface area contributed by atoms with Crippen molar-refractivity contribution in [3.05, 3.63) is 53.7 Å². The first kappa shape index (κ1) is 17.4. The van der Waals surface area contributed by atoms with E-state index in [1.54, 1.807) is 0 Å². The van der Waals surface area contributed by atoms with Crippen LogP contribution in [0.1, 0.15) is 66.4 Å². The number of fused-ring (bicyclic) bond motifs is 2. The van der Waals surface area contributed by atoms with E-state index in [0.29, 0.717) is 12.6 Å². The Kier molecular flexibility index (Phi) is 4.64. The second-order valence-corrected chi connectivity index (χ2v) is 8.22. The molecule has 1 saturated carbocycles. The van der Waals surface area contributed by atoms with Crippen LogP contribution >= 0.6 is 0 Å². The van der Waals surface area contributed by atoms with Gasteiger partial charge in [-0.2, -0.15) is 0 Å². The number of piperidine rings is 1. The fourth-order valence-corrected chi connectivity index (χ4v) is 5.14. The van der Waals surface area contributed by atoms with E-state index in [9.17, 15) is 4.79 Å². The molecule has 1 amide bonds. The molecule has 3 aliphatic rings. The molecule has 26 heavy (non-hydrogen) atoms. The average molecular weight is 351 g/mol. The number of carbonyl (C=O) groups excluding carboxylic acids is 1. The predicted octanol–water partition coefficient (Wildman–Crippen LogP) is 4.98. The van der Waals surface area contributed by atoms with Gasteiger partial charge in [0.05, 0.1) is 0 Å². The summed E-state index contributed by atoms with van der Waals surface area (Å²) in [6.45, 7) is 12.5. The zero-order valence-electron chi connectivity index (χ0n) is 16.0. The van der Waals surface area contributed by atoms with Crippen molar-refractivity contribution in [2.75, 3.05) is 13.1 Å². The van der Waals surface area contributed by atoms with E-state index in [4.69, 9.17) is 0 Å². The highest BCUT2D eigenvalue weighted by Crippen LogP contribution is 2.38.